The van der Waals surface area contributed by atoms with Gasteiger partial charge in [-0.05, 0) is 6.07 Å². The largest absolute Gasteiger partial charge is 0.481 e. The molecule has 1 aliphatic rings. The lowest BCUT2D eigenvalue weighted by Gasteiger charge is -2.17. The molecule has 0 aromatic carbocycles. The van der Waals surface area contributed by atoms with E-state index in [1.165, 1.54) is 13.3 Å². The number of carbonyl (C=O) groups is 1. The highest BCUT2D eigenvalue weighted by atomic mass is 19.4. The van der Waals surface area contributed by atoms with Crippen LogP contribution in [0.5, 0.6) is 5.88 Å². The number of hydrogen-bond donors (Lipinski definition) is 0. The van der Waals surface area contributed by atoms with E-state index in [2.05, 4.69) is 15.1 Å². The highest BCUT2D eigenvalue weighted by Gasteiger charge is 2.40. The molecule has 0 aliphatic carbocycles. The summed E-state index contributed by atoms with van der Waals surface area (Å²) in [4.78, 5) is 20.6. The standard InChI is InChI=1S/C14H13F3N4O3/c1-23-10-4-8(2-3-18-10)12-19-13(24-20-12)9-5-11(22)21(6-9)7-14(15,16)17/h2-4,9H,5-7H2,1H3. The SMILES string of the molecule is COc1cc(-c2noc(C3CC(=O)N(CC(F)(F)F)C3)n2)ccn1. The number of aromatic nitrogens is 3. The van der Waals surface area contributed by atoms with Crippen molar-refractivity contribution >= 4 is 5.91 Å². The molecular weight excluding hydrogens is 329 g/mol. The molecule has 1 unspecified atom stereocenters. The second-order valence-corrected chi connectivity index (χ2v) is 5.33. The molecule has 0 bridgehead atoms. The second-order valence-electron chi connectivity index (χ2n) is 5.33. The minimum Gasteiger partial charge on any atom is -0.481 e. The molecule has 0 N–H and O–H groups in total. The first-order valence-electron chi connectivity index (χ1n) is 7.04. The van der Waals surface area contributed by atoms with Crippen LogP contribution in [0.4, 0.5) is 13.2 Å². The molecule has 0 radical (unpaired) electrons. The van der Waals surface area contributed by atoms with Crippen LogP contribution < -0.4 is 4.74 Å². The zero-order valence-electron chi connectivity index (χ0n) is 12.6. The van der Waals surface area contributed by atoms with Crippen molar-refractivity contribution < 1.29 is 27.2 Å². The van der Waals surface area contributed by atoms with Gasteiger partial charge in [-0.15, -0.1) is 0 Å². The van der Waals surface area contributed by atoms with E-state index >= 15 is 0 Å². The van der Waals surface area contributed by atoms with Crippen molar-refractivity contribution in [3.05, 3.63) is 24.2 Å². The van der Waals surface area contributed by atoms with Gasteiger partial charge in [0.1, 0.15) is 6.54 Å². The van der Waals surface area contributed by atoms with Crippen LogP contribution in [-0.2, 0) is 4.79 Å². The number of pyridine rings is 1. The fourth-order valence-electron chi connectivity index (χ4n) is 2.49. The van der Waals surface area contributed by atoms with Crippen molar-refractivity contribution in [2.75, 3.05) is 20.2 Å². The summed E-state index contributed by atoms with van der Waals surface area (Å²) in [6.07, 6.45) is -3.01. The van der Waals surface area contributed by atoms with Crippen molar-refractivity contribution in [2.24, 2.45) is 0 Å². The van der Waals surface area contributed by atoms with Crippen LogP contribution >= 0.6 is 0 Å². The number of ether oxygens (including phenoxy) is 1. The van der Waals surface area contributed by atoms with Crippen LogP contribution in [0.1, 0.15) is 18.2 Å². The van der Waals surface area contributed by atoms with Gasteiger partial charge in [-0.3, -0.25) is 4.79 Å². The topological polar surface area (TPSA) is 81.4 Å². The summed E-state index contributed by atoms with van der Waals surface area (Å²) < 4.78 is 47.5. The summed E-state index contributed by atoms with van der Waals surface area (Å²) in [5.41, 5.74) is 0.591. The number of nitrogens with zero attached hydrogens (tertiary/aromatic N) is 4. The second kappa shape index (κ2) is 6.10. The fraction of sp³-hybridized carbons (Fsp3) is 0.429. The minimum absolute atomic E-state index is 0.0859. The van der Waals surface area contributed by atoms with Gasteiger partial charge >= 0.3 is 6.18 Å². The maximum atomic E-state index is 12.4. The third-order valence-corrected chi connectivity index (χ3v) is 3.58. The number of hydrogen-bond acceptors (Lipinski definition) is 6. The van der Waals surface area contributed by atoms with Crippen molar-refractivity contribution in [2.45, 2.75) is 18.5 Å². The first kappa shape index (κ1) is 16.2. The van der Waals surface area contributed by atoms with Crippen LogP contribution in [0.3, 0.4) is 0 Å². The zero-order valence-corrected chi connectivity index (χ0v) is 12.6. The van der Waals surface area contributed by atoms with Gasteiger partial charge in [0.05, 0.1) is 13.0 Å². The number of alkyl halides is 3. The van der Waals surface area contributed by atoms with Crippen molar-refractivity contribution in [3.63, 3.8) is 0 Å². The molecule has 1 aliphatic heterocycles. The van der Waals surface area contributed by atoms with E-state index in [4.69, 9.17) is 9.26 Å². The molecule has 7 nitrogen and oxygen atoms in total. The number of likely N-dealkylation sites (tertiary alicyclic amines) is 1. The monoisotopic (exact) mass is 342 g/mol. The van der Waals surface area contributed by atoms with Gasteiger partial charge in [0.25, 0.3) is 0 Å². The van der Waals surface area contributed by atoms with Gasteiger partial charge < -0.3 is 14.2 Å². The molecule has 1 fully saturated rings. The van der Waals surface area contributed by atoms with E-state index in [0.717, 1.165) is 4.90 Å². The average Bonchev–Trinajstić information content (AvgIpc) is 3.14. The third kappa shape index (κ3) is 3.47. The van der Waals surface area contributed by atoms with Crippen LogP contribution in [0, 0.1) is 0 Å². The van der Waals surface area contributed by atoms with E-state index in [1.807, 2.05) is 0 Å². The Labute approximate surface area is 134 Å². The van der Waals surface area contributed by atoms with Gasteiger partial charge in [-0.25, -0.2) is 4.98 Å². The first-order valence-corrected chi connectivity index (χ1v) is 7.04. The Bertz CT molecular complexity index is 747. The first-order chi connectivity index (χ1) is 11.4. The predicted octanol–water partition coefficient (Wildman–Crippen LogP) is 2.02. The summed E-state index contributed by atoms with van der Waals surface area (Å²) in [5.74, 6) is -0.370. The minimum atomic E-state index is -4.43. The number of halogens is 3. The summed E-state index contributed by atoms with van der Waals surface area (Å²) in [7, 11) is 1.47. The smallest absolute Gasteiger partial charge is 0.406 e. The van der Waals surface area contributed by atoms with E-state index < -0.39 is 24.5 Å². The molecule has 3 heterocycles. The summed E-state index contributed by atoms with van der Waals surface area (Å²) >= 11 is 0. The van der Waals surface area contributed by atoms with E-state index in [9.17, 15) is 18.0 Å². The Morgan fingerprint density at radius 3 is 2.96 bits per heavy atom. The quantitative estimate of drug-likeness (QED) is 0.845. The van der Waals surface area contributed by atoms with Crippen LogP contribution in [0.15, 0.2) is 22.9 Å². The maximum Gasteiger partial charge on any atom is 0.406 e. The van der Waals surface area contributed by atoms with Crippen molar-refractivity contribution in [1.29, 1.82) is 0 Å². The highest BCUT2D eigenvalue weighted by Crippen LogP contribution is 2.31. The Morgan fingerprint density at radius 1 is 1.46 bits per heavy atom. The third-order valence-electron chi connectivity index (χ3n) is 3.58. The van der Waals surface area contributed by atoms with Gasteiger partial charge in [-0.1, -0.05) is 5.16 Å². The van der Waals surface area contributed by atoms with Gasteiger partial charge in [0.2, 0.25) is 23.5 Å². The Morgan fingerprint density at radius 2 is 2.25 bits per heavy atom. The lowest BCUT2D eigenvalue weighted by molar-refractivity contribution is -0.157. The highest BCUT2D eigenvalue weighted by molar-refractivity contribution is 5.79. The molecule has 128 valence electrons. The van der Waals surface area contributed by atoms with Gasteiger partial charge in [-0.2, -0.15) is 18.2 Å². The van der Waals surface area contributed by atoms with Crippen LogP contribution in [0.2, 0.25) is 0 Å². The molecule has 0 spiro atoms. The van der Waals surface area contributed by atoms with E-state index in [-0.39, 0.29) is 24.7 Å². The predicted molar refractivity (Wildman–Crippen MR) is 74.1 cm³/mol. The molecule has 10 heteroatoms. The molecule has 2 aromatic heterocycles. The lowest BCUT2D eigenvalue weighted by Crippen LogP contribution is -2.35. The van der Waals surface area contributed by atoms with E-state index in [1.54, 1.807) is 12.1 Å². The average molecular weight is 342 g/mol. The Kier molecular flexibility index (Phi) is 4.12. The number of carbonyl (C=O) groups excluding carboxylic acids is 1. The molecule has 24 heavy (non-hydrogen) atoms. The van der Waals surface area contributed by atoms with Crippen LogP contribution in [-0.4, -0.2) is 52.3 Å². The summed E-state index contributed by atoms with van der Waals surface area (Å²) in [6, 6.07) is 3.25. The molecule has 1 saturated heterocycles. The molecule has 1 amide bonds. The lowest BCUT2D eigenvalue weighted by atomic mass is 10.1. The summed E-state index contributed by atoms with van der Waals surface area (Å²) in [6.45, 7) is -1.37. The fourth-order valence-corrected chi connectivity index (χ4v) is 2.49. The molecule has 2 aromatic rings. The zero-order chi connectivity index (χ0) is 17.3. The molecule has 1 atom stereocenters. The Balaban J connectivity index is 1.75. The van der Waals surface area contributed by atoms with E-state index in [0.29, 0.717) is 11.4 Å². The number of methoxy groups -OCH3 is 1. The molecule has 0 saturated carbocycles. The van der Waals surface area contributed by atoms with Crippen LogP contribution in [0.25, 0.3) is 11.4 Å². The van der Waals surface area contributed by atoms with Gasteiger partial charge in [0, 0.05) is 30.8 Å². The van der Waals surface area contributed by atoms with Crippen molar-refractivity contribution in [1.82, 2.24) is 20.0 Å². The molecular formula is C14H13F3N4O3. The normalized spacial score (nSPS) is 18.2. The summed E-state index contributed by atoms with van der Waals surface area (Å²) in [5, 5.41) is 3.81. The van der Waals surface area contributed by atoms with Gasteiger partial charge in [0.15, 0.2) is 0 Å². The number of amides is 1. The number of rotatable bonds is 4. The van der Waals surface area contributed by atoms with Crippen molar-refractivity contribution in [3.8, 4) is 17.3 Å². The molecule has 3 rings (SSSR count). The maximum absolute atomic E-state index is 12.4. The Hall–Kier alpha value is -2.65.